The third-order valence-corrected chi connectivity index (χ3v) is 3.02. The van der Waals surface area contributed by atoms with E-state index >= 15 is 0 Å². The van der Waals surface area contributed by atoms with Gasteiger partial charge < -0.3 is 4.74 Å². The normalized spacial score (nSPS) is 23.3. The molecule has 0 N–H and O–H groups in total. The lowest BCUT2D eigenvalue weighted by atomic mass is 10.0. The summed E-state index contributed by atoms with van der Waals surface area (Å²) in [5, 5.41) is 0. The first-order valence-corrected chi connectivity index (χ1v) is 5.67. The molecule has 1 unspecified atom stereocenters. The zero-order valence-corrected chi connectivity index (χ0v) is 9.52. The van der Waals surface area contributed by atoms with Crippen molar-refractivity contribution in [3.05, 3.63) is 35.9 Å². The van der Waals surface area contributed by atoms with Gasteiger partial charge in [0.15, 0.2) is 0 Å². The molecule has 1 atom stereocenters. The zero-order valence-electron chi connectivity index (χ0n) is 9.52. The molecule has 0 aliphatic carbocycles. The first-order valence-electron chi connectivity index (χ1n) is 5.67. The second-order valence-electron chi connectivity index (χ2n) is 4.33. The highest BCUT2D eigenvalue weighted by molar-refractivity contribution is 5.19. The van der Waals surface area contributed by atoms with Crippen molar-refractivity contribution in [2.75, 3.05) is 19.8 Å². The predicted molar refractivity (Wildman–Crippen MR) is 61.8 cm³/mol. The first kappa shape index (κ1) is 10.7. The van der Waals surface area contributed by atoms with Crippen LogP contribution in [0, 0.1) is 0 Å². The lowest BCUT2D eigenvalue weighted by Gasteiger charge is -2.38. The summed E-state index contributed by atoms with van der Waals surface area (Å²) in [5.41, 5.74) is 1.37. The number of morpholine rings is 1. The predicted octanol–water partition coefficient (Wildman–Crippen LogP) is 2.47. The Bertz CT molecular complexity index is 297. The van der Waals surface area contributed by atoms with Gasteiger partial charge >= 0.3 is 0 Å². The Kier molecular flexibility index (Phi) is 3.39. The van der Waals surface area contributed by atoms with Gasteiger partial charge in [-0.1, -0.05) is 30.3 Å². The second kappa shape index (κ2) is 4.77. The van der Waals surface area contributed by atoms with E-state index in [0.717, 1.165) is 19.8 Å². The van der Waals surface area contributed by atoms with E-state index in [1.807, 2.05) is 0 Å². The molecule has 15 heavy (non-hydrogen) atoms. The highest BCUT2D eigenvalue weighted by atomic mass is 16.5. The molecule has 0 amide bonds. The van der Waals surface area contributed by atoms with Crippen LogP contribution in [0.5, 0.6) is 0 Å². The van der Waals surface area contributed by atoms with Crippen LogP contribution in [0.25, 0.3) is 0 Å². The Morgan fingerprint density at radius 3 is 2.67 bits per heavy atom. The Labute approximate surface area is 91.9 Å². The molecule has 82 valence electrons. The second-order valence-corrected chi connectivity index (χ2v) is 4.33. The molecule has 0 bridgehead atoms. The smallest absolute Gasteiger partial charge is 0.0664 e. The maximum Gasteiger partial charge on any atom is 0.0664 e. The number of nitrogens with zero attached hydrogens (tertiary/aromatic N) is 1. The van der Waals surface area contributed by atoms with Gasteiger partial charge in [0.25, 0.3) is 0 Å². The molecule has 1 aliphatic rings. The number of benzene rings is 1. The SMILES string of the molecule is CC(C)N1CCOCC1c1ccccc1. The average Bonchev–Trinajstić information content (AvgIpc) is 2.30. The number of hydrogen-bond acceptors (Lipinski definition) is 2. The van der Waals surface area contributed by atoms with Gasteiger partial charge in [0.2, 0.25) is 0 Å². The summed E-state index contributed by atoms with van der Waals surface area (Å²) >= 11 is 0. The maximum absolute atomic E-state index is 5.58. The molecule has 0 radical (unpaired) electrons. The molecule has 0 saturated carbocycles. The highest BCUT2D eigenvalue weighted by Crippen LogP contribution is 2.25. The average molecular weight is 205 g/mol. The van der Waals surface area contributed by atoms with Gasteiger partial charge in [-0.3, -0.25) is 4.90 Å². The number of rotatable bonds is 2. The van der Waals surface area contributed by atoms with Gasteiger partial charge in [-0.2, -0.15) is 0 Å². The van der Waals surface area contributed by atoms with Crippen LogP contribution in [0.4, 0.5) is 0 Å². The minimum Gasteiger partial charge on any atom is -0.378 e. The van der Waals surface area contributed by atoms with Crippen LogP contribution in [-0.4, -0.2) is 30.7 Å². The summed E-state index contributed by atoms with van der Waals surface area (Å²) in [7, 11) is 0. The topological polar surface area (TPSA) is 12.5 Å². The molecule has 0 aromatic heterocycles. The summed E-state index contributed by atoms with van der Waals surface area (Å²) in [6.07, 6.45) is 0. The molecular formula is C13H19NO. The maximum atomic E-state index is 5.58. The lowest BCUT2D eigenvalue weighted by molar-refractivity contribution is -0.0233. The molecule has 2 heteroatoms. The van der Waals surface area contributed by atoms with Crippen LogP contribution in [0.15, 0.2) is 30.3 Å². The van der Waals surface area contributed by atoms with Crippen LogP contribution in [0.2, 0.25) is 0 Å². The highest BCUT2D eigenvalue weighted by Gasteiger charge is 2.25. The van der Waals surface area contributed by atoms with Crippen LogP contribution < -0.4 is 0 Å². The molecule has 1 aromatic rings. The van der Waals surface area contributed by atoms with Gasteiger partial charge in [0, 0.05) is 12.6 Å². The molecule has 1 aromatic carbocycles. The lowest BCUT2D eigenvalue weighted by Crippen LogP contribution is -2.43. The van der Waals surface area contributed by atoms with Gasteiger partial charge in [0.05, 0.1) is 19.3 Å². The largest absolute Gasteiger partial charge is 0.378 e. The quantitative estimate of drug-likeness (QED) is 0.735. The fraction of sp³-hybridized carbons (Fsp3) is 0.538. The van der Waals surface area contributed by atoms with Crippen LogP contribution in [-0.2, 0) is 4.74 Å². The van der Waals surface area contributed by atoms with Crippen molar-refractivity contribution in [3.8, 4) is 0 Å². The molecule has 2 nitrogen and oxygen atoms in total. The Morgan fingerprint density at radius 1 is 1.27 bits per heavy atom. The standard InChI is InChI=1S/C13H19NO/c1-11(2)14-8-9-15-10-13(14)12-6-4-3-5-7-12/h3-7,11,13H,8-10H2,1-2H3. The third kappa shape index (κ3) is 2.39. The van der Waals surface area contributed by atoms with Crippen molar-refractivity contribution in [2.24, 2.45) is 0 Å². The Hall–Kier alpha value is -0.860. The minimum atomic E-state index is 0.431. The van der Waals surface area contributed by atoms with Crippen molar-refractivity contribution >= 4 is 0 Å². The van der Waals surface area contributed by atoms with E-state index in [2.05, 4.69) is 49.1 Å². The van der Waals surface area contributed by atoms with E-state index in [9.17, 15) is 0 Å². The molecule has 0 spiro atoms. The van der Waals surface area contributed by atoms with E-state index in [1.165, 1.54) is 5.56 Å². The summed E-state index contributed by atoms with van der Waals surface area (Å²) in [6.45, 7) is 7.23. The van der Waals surface area contributed by atoms with E-state index in [1.54, 1.807) is 0 Å². The molecule has 1 saturated heterocycles. The van der Waals surface area contributed by atoms with E-state index in [-0.39, 0.29) is 0 Å². The molecule has 2 rings (SSSR count). The molecule has 1 fully saturated rings. The van der Waals surface area contributed by atoms with Crippen molar-refractivity contribution in [3.63, 3.8) is 0 Å². The molecule has 1 heterocycles. The summed E-state index contributed by atoms with van der Waals surface area (Å²) in [4.78, 5) is 2.51. The van der Waals surface area contributed by atoms with Crippen molar-refractivity contribution in [2.45, 2.75) is 25.9 Å². The van der Waals surface area contributed by atoms with Crippen molar-refractivity contribution in [1.29, 1.82) is 0 Å². The van der Waals surface area contributed by atoms with Gasteiger partial charge in [-0.25, -0.2) is 0 Å². The van der Waals surface area contributed by atoms with Gasteiger partial charge in [-0.15, -0.1) is 0 Å². The molecule has 1 aliphatic heterocycles. The molecular weight excluding hydrogens is 186 g/mol. The van der Waals surface area contributed by atoms with Gasteiger partial charge in [-0.05, 0) is 19.4 Å². The minimum absolute atomic E-state index is 0.431. The summed E-state index contributed by atoms with van der Waals surface area (Å²) in [6, 6.07) is 11.7. The van der Waals surface area contributed by atoms with Crippen molar-refractivity contribution in [1.82, 2.24) is 4.90 Å². The number of ether oxygens (including phenoxy) is 1. The zero-order chi connectivity index (χ0) is 10.7. The van der Waals surface area contributed by atoms with E-state index in [0.29, 0.717) is 12.1 Å². The Balaban J connectivity index is 2.18. The fourth-order valence-corrected chi connectivity index (χ4v) is 2.20. The fourth-order valence-electron chi connectivity index (χ4n) is 2.20. The third-order valence-electron chi connectivity index (χ3n) is 3.02. The van der Waals surface area contributed by atoms with Crippen LogP contribution >= 0.6 is 0 Å². The van der Waals surface area contributed by atoms with E-state index < -0.39 is 0 Å². The van der Waals surface area contributed by atoms with Crippen LogP contribution in [0.1, 0.15) is 25.5 Å². The van der Waals surface area contributed by atoms with Crippen molar-refractivity contribution < 1.29 is 4.74 Å². The van der Waals surface area contributed by atoms with E-state index in [4.69, 9.17) is 4.74 Å². The summed E-state index contributed by atoms with van der Waals surface area (Å²) in [5.74, 6) is 0. The first-order chi connectivity index (χ1) is 7.29. The van der Waals surface area contributed by atoms with Crippen LogP contribution in [0.3, 0.4) is 0 Å². The Morgan fingerprint density at radius 2 is 2.00 bits per heavy atom. The monoisotopic (exact) mass is 205 g/mol. The summed E-state index contributed by atoms with van der Waals surface area (Å²) < 4.78 is 5.58. The van der Waals surface area contributed by atoms with Gasteiger partial charge in [0.1, 0.15) is 0 Å². The number of hydrogen-bond donors (Lipinski definition) is 0.